The van der Waals surface area contributed by atoms with E-state index >= 15 is 0 Å². The van der Waals surface area contributed by atoms with Crippen LogP contribution in [0.2, 0.25) is 0 Å². The number of aromatic nitrogens is 2. The normalized spacial score (nSPS) is 15.8. The summed E-state index contributed by atoms with van der Waals surface area (Å²) in [5, 5.41) is 0.0850. The van der Waals surface area contributed by atoms with Crippen molar-refractivity contribution in [2.45, 2.75) is 24.7 Å². The second-order valence-corrected chi connectivity index (χ2v) is 11.1. The minimum absolute atomic E-state index is 0.0850. The molecular formula is C27H34N4O6S. The first-order valence-corrected chi connectivity index (χ1v) is 13.8. The number of ether oxygens (including phenoxy) is 3. The molecule has 3 aromatic rings. The summed E-state index contributed by atoms with van der Waals surface area (Å²) in [6.45, 7) is 4.60. The fraction of sp³-hybridized carbons (Fsp3) is 0.407. The van der Waals surface area contributed by atoms with Gasteiger partial charge in [0.15, 0.2) is 5.03 Å². The van der Waals surface area contributed by atoms with Crippen LogP contribution in [0, 0.1) is 6.92 Å². The molecule has 1 saturated heterocycles. The number of rotatable bonds is 10. The van der Waals surface area contributed by atoms with Crippen LogP contribution in [0.1, 0.15) is 33.4 Å². The molecule has 11 heteroatoms. The van der Waals surface area contributed by atoms with Gasteiger partial charge in [-0.1, -0.05) is 24.3 Å². The van der Waals surface area contributed by atoms with Crippen LogP contribution in [0.4, 0.5) is 0 Å². The van der Waals surface area contributed by atoms with Gasteiger partial charge in [0.05, 0.1) is 32.5 Å². The van der Waals surface area contributed by atoms with Gasteiger partial charge in [0.1, 0.15) is 11.6 Å². The Balaban J connectivity index is 1.43. The van der Waals surface area contributed by atoms with E-state index in [2.05, 4.69) is 9.88 Å². The molecule has 0 amide bonds. The first kappa shape index (κ1) is 27.8. The van der Waals surface area contributed by atoms with Crippen molar-refractivity contribution in [2.75, 3.05) is 46.9 Å². The third-order valence-electron chi connectivity index (χ3n) is 6.74. The van der Waals surface area contributed by atoms with Crippen LogP contribution in [0.3, 0.4) is 0 Å². The minimum Gasteiger partial charge on any atom is -0.497 e. The molecule has 0 saturated carbocycles. The second-order valence-electron chi connectivity index (χ2n) is 9.21. The van der Waals surface area contributed by atoms with E-state index in [1.165, 1.54) is 11.4 Å². The van der Waals surface area contributed by atoms with Gasteiger partial charge in [-0.25, -0.2) is 18.2 Å². The maximum atomic E-state index is 13.1. The molecule has 0 N–H and O–H groups in total. The van der Waals surface area contributed by atoms with Gasteiger partial charge in [-0.05, 0) is 42.3 Å². The van der Waals surface area contributed by atoms with Crippen molar-refractivity contribution in [3.8, 4) is 5.75 Å². The zero-order valence-corrected chi connectivity index (χ0v) is 23.0. The van der Waals surface area contributed by atoms with Crippen molar-refractivity contribution in [3.05, 3.63) is 77.2 Å². The van der Waals surface area contributed by atoms with E-state index in [1.54, 1.807) is 44.0 Å². The molecule has 1 fully saturated rings. The van der Waals surface area contributed by atoms with Crippen molar-refractivity contribution in [1.82, 2.24) is 18.8 Å². The Morgan fingerprint density at radius 2 is 1.76 bits per heavy atom. The van der Waals surface area contributed by atoms with Gasteiger partial charge in [-0.3, -0.25) is 4.90 Å². The molecule has 2 aromatic carbocycles. The van der Waals surface area contributed by atoms with Crippen molar-refractivity contribution < 1.29 is 27.4 Å². The number of nitrogens with zero attached hydrogens (tertiary/aromatic N) is 4. The minimum atomic E-state index is -3.64. The lowest BCUT2D eigenvalue weighted by molar-refractivity contribution is 0.00760. The molecule has 1 unspecified atom stereocenters. The van der Waals surface area contributed by atoms with Crippen LogP contribution in [-0.4, -0.2) is 80.1 Å². The zero-order chi connectivity index (χ0) is 27.3. The van der Waals surface area contributed by atoms with Crippen molar-refractivity contribution >= 4 is 16.0 Å². The molecule has 0 aliphatic carbocycles. The lowest BCUT2D eigenvalue weighted by atomic mass is 10.1. The van der Waals surface area contributed by atoms with Crippen LogP contribution >= 0.6 is 0 Å². The summed E-state index contributed by atoms with van der Waals surface area (Å²) in [4.78, 5) is 18.1. The molecule has 10 nitrogen and oxygen atoms in total. The standard InChI is InChI=1S/C27H34N4O6S/c1-20-28-26(18-29(20)2)38(33,34)31-14-12-30(13-15-31)17-25(23-6-5-7-24(16-23)35-3)37-19-21-8-10-22(11-9-21)27(32)36-4/h5-11,16,18,25H,12-15,17,19H2,1-4H3. The number of methoxy groups -OCH3 is 2. The Labute approximate surface area is 223 Å². The maximum Gasteiger partial charge on any atom is 0.337 e. The van der Waals surface area contributed by atoms with Crippen molar-refractivity contribution in [2.24, 2.45) is 7.05 Å². The summed E-state index contributed by atoms with van der Waals surface area (Å²) in [6.07, 6.45) is 1.29. The Morgan fingerprint density at radius 3 is 2.37 bits per heavy atom. The van der Waals surface area contributed by atoms with Crippen molar-refractivity contribution in [3.63, 3.8) is 0 Å². The molecule has 1 aromatic heterocycles. The summed E-state index contributed by atoms with van der Waals surface area (Å²) in [6, 6.07) is 14.9. The van der Waals surface area contributed by atoms with Crippen molar-refractivity contribution in [1.29, 1.82) is 0 Å². The number of benzene rings is 2. The molecule has 1 atom stereocenters. The van der Waals surface area contributed by atoms with Gasteiger partial charge in [-0.15, -0.1) is 0 Å². The van der Waals surface area contributed by atoms with Gasteiger partial charge in [0.2, 0.25) is 0 Å². The third-order valence-corrected chi connectivity index (χ3v) is 8.51. The molecule has 2 heterocycles. The number of sulfonamides is 1. The lowest BCUT2D eigenvalue weighted by Crippen LogP contribution is -2.49. The first-order chi connectivity index (χ1) is 18.2. The van der Waals surface area contributed by atoms with E-state index in [0.717, 1.165) is 16.9 Å². The number of hydrogen-bond acceptors (Lipinski definition) is 8. The monoisotopic (exact) mass is 542 g/mol. The Kier molecular flexibility index (Phi) is 8.83. The predicted molar refractivity (Wildman–Crippen MR) is 141 cm³/mol. The highest BCUT2D eigenvalue weighted by atomic mass is 32.2. The molecule has 0 radical (unpaired) electrons. The Morgan fingerprint density at radius 1 is 1.05 bits per heavy atom. The van der Waals surface area contributed by atoms with E-state index in [0.29, 0.717) is 50.7 Å². The molecule has 204 valence electrons. The number of imidazole rings is 1. The number of carbonyl (C=O) groups is 1. The van der Waals surface area contributed by atoms with Crippen LogP contribution in [0.25, 0.3) is 0 Å². The van der Waals surface area contributed by atoms with Gasteiger partial charge in [0, 0.05) is 46.0 Å². The SMILES string of the molecule is COC(=O)c1ccc(COC(CN2CCN(S(=O)(=O)c3cn(C)c(C)n3)CC2)c2cccc(OC)c2)cc1. The molecule has 38 heavy (non-hydrogen) atoms. The molecule has 1 aliphatic heterocycles. The van der Waals surface area contributed by atoms with Gasteiger partial charge in [-0.2, -0.15) is 4.31 Å². The number of piperazine rings is 1. The van der Waals surface area contributed by atoms with Gasteiger partial charge in [0.25, 0.3) is 10.0 Å². The lowest BCUT2D eigenvalue weighted by Gasteiger charge is -2.35. The number of hydrogen-bond donors (Lipinski definition) is 0. The highest BCUT2D eigenvalue weighted by Gasteiger charge is 2.31. The first-order valence-electron chi connectivity index (χ1n) is 12.4. The topological polar surface area (TPSA) is 103 Å². The van der Waals surface area contributed by atoms with Gasteiger partial charge >= 0.3 is 5.97 Å². The number of aryl methyl sites for hydroxylation is 2. The summed E-state index contributed by atoms with van der Waals surface area (Å²) in [7, 11) is 1.12. The fourth-order valence-corrected chi connectivity index (χ4v) is 5.77. The third kappa shape index (κ3) is 6.41. The number of carbonyl (C=O) groups excluding carboxylic acids is 1. The zero-order valence-electron chi connectivity index (χ0n) is 22.2. The average Bonchev–Trinajstić information content (AvgIpc) is 3.29. The van der Waals surface area contributed by atoms with Gasteiger partial charge < -0.3 is 18.8 Å². The van der Waals surface area contributed by atoms with Crippen LogP contribution in [0.15, 0.2) is 59.8 Å². The van der Waals surface area contributed by atoms with E-state index in [9.17, 15) is 13.2 Å². The summed E-state index contributed by atoms with van der Waals surface area (Å²) < 4.78 is 45.9. The molecule has 0 spiro atoms. The second kappa shape index (κ2) is 12.1. The van der Waals surface area contributed by atoms with E-state index in [-0.39, 0.29) is 17.1 Å². The summed E-state index contributed by atoms with van der Waals surface area (Å²) in [5.41, 5.74) is 2.37. The van der Waals surface area contributed by atoms with Crippen LogP contribution in [0.5, 0.6) is 5.75 Å². The fourth-order valence-electron chi connectivity index (χ4n) is 4.32. The highest BCUT2D eigenvalue weighted by Crippen LogP contribution is 2.26. The van der Waals surface area contributed by atoms with Crippen LogP contribution in [-0.2, 0) is 33.2 Å². The average molecular weight is 543 g/mol. The Bertz CT molecular complexity index is 1330. The quantitative estimate of drug-likeness (QED) is 0.361. The molecule has 0 bridgehead atoms. The smallest absolute Gasteiger partial charge is 0.337 e. The summed E-state index contributed by atoms with van der Waals surface area (Å²) >= 11 is 0. The summed E-state index contributed by atoms with van der Waals surface area (Å²) in [5.74, 6) is 1.01. The largest absolute Gasteiger partial charge is 0.497 e. The maximum absolute atomic E-state index is 13.1. The van der Waals surface area contributed by atoms with Crippen LogP contribution < -0.4 is 4.74 Å². The van der Waals surface area contributed by atoms with E-state index in [1.807, 2.05) is 36.4 Å². The van der Waals surface area contributed by atoms with E-state index < -0.39 is 10.0 Å². The number of esters is 1. The molecule has 4 rings (SSSR count). The van der Waals surface area contributed by atoms with E-state index in [4.69, 9.17) is 14.2 Å². The Hall–Kier alpha value is -3.25. The molecular weight excluding hydrogens is 508 g/mol. The predicted octanol–water partition coefficient (Wildman–Crippen LogP) is 2.79. The highest BCUT2D eigenvalue weighted by molar-refractivity contribution is 7.89. The molecule has 1 aliphatic rings.